The smallest absolute Gasteiger partial charge is 0.252 e. The van der Waals surface area contributed by atoms with Gasteiger partial charge in [0.25, 0.3) is 10.0 Å². The van der Waals surface area contributed by atoms with Gasteiger partial charge in [-0.3, -0.25) is 4.79 Å². The van der Waals surface area contributed by atoms with E-state index in [4.69, 9.17) is 16.3 Å². The lowest BCUT2D eigenvalue weighted by molar-refractivity contribution is -0.132. The highest BCUT2D eigenvalue weighted by molar-refractivity contribution is 7.91. The molecule has 0 bridgehead atoms. The van der Waals surface area contributed by atoms with Gasteiger partial charge in [-0.25, -0.2) is 8.42 Å². The average molecular weight is 457 g/mol. The first kappa shape index (κ1) is 22.1. The minimum absolute atomic E-state index is 0.0665. The Hall–Kier alpha value is -1.61. The van der Waals surface area contributed by atoms with Crippen LogP contribution in [0.2, 0.25) is 4.34 Å². The quantitative estimate of drug-likeness (QED) is 0.567. The van der Waals surface area contributed by atoms with Crippen molar-refractivity contribution in [1.29, 1.82) is 0 Å². The van der Waals surface area contributed by atoms with Crippen LogP contribution in [0.25, 0.3) is 0 Å². The number of piperazine rings is 1. The molecule has 0 aliphatic carbocycles. The Kier molecular flexibility index (Phi) is 7.56. The van der Waals surface area contributed by atoms with E-state index in [9.17, 15) is 13.2 Å². The Morgan fingerprint density at radius 1 is 1.14 bits per heavy atom. The molecule has 9 heteroatoms. The summed E-state index contributed by atoms with van der Waals surface area (Å²) in [7, 11) is -3.53. The summed E-state index contributed by atoms with van der Waals surface area (Å²) in [5.41, 5.74) is 1.15. The van der Waals surface area contributed by atoms with Gasteiger partial charge in [0, 0.05) is 32.6 Å². The van der Waals surface area contributed by atoms with Crippen molar-refractivity contribution in [3.8, 4) is 5.75 Å². The number of thiophene rings is 1. The fraction of sp³-hybridized carbons (Fsp3) is 0.450. The molecular weight excluding hydrogens is 432 g/mol. The number of carbonyl (C=O) groups excluding carboxylic acids is 1. The zero-order valence-electron chi connectivity index (χ0n) is 16.3. The molecule has 1 aliphatic rings. The zero-order chi connectivity index (χ0) is 20.9. The van der Waals surface area contributed by atoms with Gasteiger partial charge in [0.05, 0.1) is 10.9 Å². The minimum Gasteiger partial charge on any atom is -0.494 e. The predicted octanol–water partition coefficient (Wildman–Crippen LogP) is 3.79. The van der Waals surface area contributed by atoms with Crippen molar-refractivity contribution in [2.75, 3.05) is 32.8 Å². The van der Waals surface area contributed by atoms with E-state index in [0.717, 1.165) is 35.5 Å². The standard InChI is InChI=1S/C20H25ClN2O4S2/c1-16-5-4-6-17(15-16)27-14-3-2-7-19(24)22-10-12-23(13-11-22)29(25,26)20-9-8-18(21)28-20/h4-6,8-9,15H,2-3,7,10-14H2,1H3. The Bertz CT molecular complexity index is 937. The zero-order valence-corrected chi connectivity index (χ0v) is 18.7. The van der Waals surface area contributed by atoms with E-state index >= 15 is 0 Å². The second kappa shape index (κ2) is 9.93. The molecule has 1 saturated heterocycles. The van der Waals surface area contributed by atoms with Gasteiger partial charge in [0.1, 0.15) is 9.96 Å². The molecule has 0 spiro atoms. The highest BCUT2D eigenvalue weighted by Crippen LogP contribution is 2.28. The number of ether oxygens (including phenoxy) is 1. The SMILES string of the molecule is Cc1cccc(OCCCCC(=O)N2CCN(S(=O)(=O)c3ccc(Cl)s3)CC2)c1. The first-order chi connectivity index (χ1) is 13.9. The van der Waals surface area contributed by atoms with Crippen LogP contribution < -0.4 is 4.74 Å². The first-order valence-corrected chi connectivity index (χ1v) is 12.2. The Balaban J connectivity index is 1.37. The van der Waals surface area contributed by atoms with Gasteiger partial charge < -0.3 is 9.64 Å². The number of nitrogens with zero attached hydrogens (tertiary/aromatic N) is 2. The lowest BCUT2D eigenvalue weighted by Crippen LogP contribution is -2.50. The minimum atomic E-state index is -3.53. The maximum absolute atomic E-state index is 12.6. The van der Waals surface area contributed by atoms with Crippen LogP contribution in [0.15, 0.2) is 40.6 Å². The third-order valence-electron chi connectivity index (χ3n) is 4.78. The number of amides is 1. The molecule has 0 N–H and O–H groups in total. The number of hydrogen-bond donors (Lipinski definition) is 0. The summed E-state index contributed by atoms with van der Waals surface area (Å²) in [5, 5.41) is 0. The Morgan fingerprint density at radius 2 is 1.90 bits per heavy atom. The van der Waals surface area contributed by atoms with Crippen molar-refractivity contribution >= 4 is 38.9 Å². The fourth-order valence-electron chi connectivity index (χ4n) is 3.17. The van der Waals surface area contributed by atoms with Crippen molar-refractivity contribution in [3.05, 3.63) is 46.3 Å². The molecule has 158 valence electrons. The van der Waals surface area contributed by atoms with Crippen molar-refractivity contribution in [3.63, 3.8) is 0 Å². The number of carbonyl (C=O) groups is 1. The van der Waals surface area contributed by atoms with Crippen molar-refractivity contribution in [1.82, 2.24) is 9.21 Å². The largest absolute Gasteiger partial charge is 0.494 e. The van der Waals surface area contributed by atoms with Crippen molar-refractivity contribution < 1.29 is 17.9 Å². The van der Waals surface area contributed by atoms with E-state index < -0.39 is 10.0 Å². The number of unbranched alkanes of at least 4 members (excludes halogenated alkanes) is 1. The number of halogens is 1. The Labute approximate surface area is 181 Å². The molecule has 3 rings (SSSR count). The second-order valence-electron chi connectivity index (χ2n) is 6.97. The van der Waals surface area contributed by atoms with Crippen LogP contribution in [-0.4, -0.2) is 56.3 Å². The molecule has 0 atom stereocenters. The maximum Gasteiger partial charge on any atom is 0.252 e. The molecule has 6 nitrogen and oxygen atoms in total. The van der Waals surface area contributed by atoms with Gasteiger partial charge in [0.2, 0.25) is 5.91 Å². The van der Waals surface area contributed by atoms with Crippen LogP contribution in [-0.2, 0) is 14.8 Å². The van der Waals surface area contributed by atoms with E-state index in [0.29, 0.717) is 43.5 Å². The van der Waals surface area contributed by atoms with E-state index in [1.54, 1.807) is 11.0 Å². The molecule has 0 unspecified atom stereocenters. The molecule has 1 aromatic heterocycles. The van der Waals surface area contributed by atoms with Gasteiger partial charge in [-0.05, 0) is 49.6 Å². The van der Waals surface area contributed by atoms with Gasteiger partial charge in [0.15, 0.2) is 0 Å². The number of rotatable bonds is 8. The van der Waals surface area contributed by atoms with E-state index in [1.807, 2.05) is 31.2 Å². The van der Waals surface area contributed by atoms with Gasteiger partial charge in [-0.15, -0.1) is 11.3 Å². The highest BCUT2D eigenvalue weighted by atomic mass is 35.5. The molecule has 2 aromatic rings. The summed E-state index contributed by atoms with van der Waals surface area (Å²) in [6, 6.07) is 11.0. The lowest BCUT2D eigenvalue weighted by Gasteiger charge is -2.33. The van der Waals surface area contributed by atoms with E-state index in [2.05, 4.69) is 0 Å². The molecule has 29 heavy (non-hydrogen) atoms. The molecular formula is C20H25ClN2O4S2. The summed E-state index contributed by atoms with van der Waals surface area (Å²) in [4.78, 5) is 14.2. The monoisotopic (exact) mass is 456 g/mol. The summed E-state index contributed by atoms with van der Waals surface area (Å²) >= 11 is 6.91. The second-order valence-corrected chi connectivity index (χ2v) is 10.8. The summed E-state index contributed by atoms with van der Waals surface area (Å²) in [5.74, 6) is 0.914. The normalized spacial score (nSPS) is 15.4. The molecule has 1 aliphatic heterocycles. The van der Waals surface area contributed by atoms with Crippen LogP contribution >= 0.6 is 22.9 Å². The third kappa shape index (κ3) is 5.94. The number of aryl methyl sites for hydroxylation is 1. The molecule has 1 aromatic carbocycles. The van der Waals surface area contributed by atoms with Crippen LogP contribution in [0.3, 0.4) is 0 Å². The Morgan fingerprint density at radius 3 is 2.55 bits per heavy atom. The van der Waals surface area contributed by atoms with Gasteiger partial charge >= 0.3 is 0 Å². The first-order valence-electron chi connectivity index (χ1n) is 9.59. The van der Waals surface area contributed by atoms with E-state index in [1.165, 1.54) is 10.4 Å². The predicted molar refractivity (Wildman–Crippen MR) is 115 cm³/mol. The molecule has 1 amide bonds. The molecule has 1 fully saturated rings. The highest BCUT2D eigenvalue weighted by Gasteiger charge is 2.30. The molecule has 2 heterocycles. The van der Waals surface area contributed by atoms with Crippen LogP contribution in [0.5, 0.6) is 5.75 Å². The van der Waals surface area contributed by atoms with E-state index in [-0.39, 0.29) is 10.1 Å². The molecule has 0 saturated carbocycles. The van der Waals surface area contributed by atoms with Crippen molar-refractivity contribution in [2.24, 2.45) is 0 Å². The van der Waals surface area contributed by atoms with Crippen molar-refractivity contribution in [2.45, 2.75) is 30.4 Å². The molecule has 0 radical (unpaired) electrons. The fourth-order valence-corrected chi connectivity index (χ4v) is 6.23. The number of sulfonamides is 1. The topological polar surface area (TPSA) is 66.9 Å². The maximum atomic E-state index is 12.6. The van der Waals surface area contributed by atoms with Crippen LogP contribution in [0.1, 0.15) is 24.8 Å². The summed E-state index contributed by atoms with van der Waals surface area (Å²) in [6.07, 6.45) is 1.99. The van der Waals surface area contributed by atoms with Crippen LogP contribution in [0.4, 0.5) is 0 Å². The summed E-state index contributed by atoms with van der Waals surface area (Å²) in [6.45, 7) is 4.03. The number of benzene rings is 1. The van der Waals surface area contributed by atoms with Gasteiger partial charge in [-0.1, -0.05) is 23.7 Å². The average Bonchev–Trinajstić information content (AvgIpc) is 3.15. The van der Waals surface area contributed by atoms with Crippen LogP contribution in [0, 0.1) is 6.92 Å². The third-order valence-corrected chi connectivity index (χ3v) is 8.37. The summed E-state index contributed by atoms with van der Waals surface area (Å²) < 4.78 is 33.1. The van der Waals surface area contributed by atoms with Gasteiger partial charge in [-0.2, -0.15) is 4.31 Å². The lowest BCUT2D eigenvalue weighted by atomic mass is 10.2. The number of hydrogen-bond acceptors (Lipinski definition) is 5.